The zero-order valence-corrected chi connectivity index (χ0v) is 30.4. The van der Waals surface area contributed by atoms with Crippen LogP contribution in [0.2, 0.25) is 0 Å². The topological polar surface area (TPSA) is 185 Å². The van der Waals surface area contributed by atoms with E-state index in [0.29, 0.717) is 38.3 Å². The minimum Gasteiger partial charge on any atom is -0.444 e. The standard InChI is InChI=1S/C38H58N6O7/c1-38(2,3)51-37(50)41-27-16-19-44(20-17-27)36(49)43-31(22-26-23-40-29-12-8-7-11-28(26)29)35(48)39-18-15-32(45)42-30(21-24-9-5-4-6-10-24)34(47)33(46)25-13-14-25/h7-8,11-12,23-25,27,30-31,33-34,40,46-47H,4-6,9-10,13-22H2,1-3H3,(H,39,48)(H,41,50)(H,42,45)(H,43,49)/t30-,31-,33-,34+/m0/s1. The van der Waals surface area contributed by atoms with Crippen molar-refractivity contribution >= 4 is 34.8 Å². The van der Waals surface area contributed by atoms with Gasteiger partial charge < -0.3 is 46.1 Å². The predicted molar refractivity (Wildman–Crippen MR) is 194 cm³/mol. The molecule has 5 amide bonds. The quantitative estimate of drug-likeness (QED) is 0.155. The summed E-state index contributed by atoms with van der Waals surface area (Å²) in [7, 11) is 0. The number of aliphatic hydroxyl groups is 2. The molecule has 0 radical (unpaired) electrons. The average Bonchev–Trinajstić information content (AvgIpc) is 3.87. The van der Waals surface area contributed by atoms with Crippen LogP contribution in [0, 0.1) is 11.8 Å². The molecule has 2 aliphatic carbocycles. The first-order valence-electron chi connectivity index (χ1n) is 18.9. The number of para-hydroxylation sites is 1. The highest BCUT2D eigenvalue weighted by Crippen LogP contribution is 2.36. The van der Waals surface area contributed by atoms with Gasteiger partial charge in [-0.1, -0.05) is 50.3 Å². The van der Waals surface area contributed by atoms with Crippen LogP contribution in [0.15, 0.2) is 30.5 Å². The Morgan fingerprint density at radius 1 is 0.961 bits per heavy atom. The zero-order valence-electron chi connectivity index (χ0n) is 30.4. The molecular weight excluding hydrogens is 652 g/mol. The van der Waals surface area contributed by atoms with Gasteiger partial charge in [0, 0.05) is 55.6 Å². The fourth-order valence-corrected chi connectivity index (χ4v) is 7.39. The number of urea groups is 1. The maximum atomic E-state index is 13.6. The highest BCUT2D eigenvalue weighted by Gasteiger charge is 2.39. The van der Waals surface area contributed by atoms with Crippen molar-refractivity contribution in [1.29, 1.82) is 0 Å². The number of carbonyl (C=O) groups is 4. The number of piperidine rings is 1. The van der Waals surface area contributed by atoms with Crippen LogP contribution in [-0.2, 0) is 20.7 Å². The van der Waals surface area contributed by atoms with E-state index in [9.17, 15) is 29.4 Å². The second-order valence-corrected chi connectivity index (χ2v) is 15.7. The van der Waals surface area contributed by atoms with Gasteiger partial charge in [-0.05, 0) is 76.3 Å². The maximum absolute atomic E-state index is 13.6. The Bertz CT molecular complexity index is 1470. The number of aromatic nitrogens is 1. The molecule has 0 unspecified atom stereocenters. The van der Waals surface area contributed by atoms with Crippen molar-refractivity contribution in [2.75, 3.05) is 19.6 Å². The molecule has 0 spiro atoms. The number of fused-ring (bicyclic) bond motifs is 1. The van der Waals surface area contributed by atoms with Gasteiger partial charge >= 0.3 is 12.1 Å². The number of hydrogen-bond acceptors (Lipinski definition) is 7. The molecule has 1 aliphatic heterocycles. The second-order valence-electron chi connectivity index (χ2n) is 15.7. The van der Waals surface area contributed by atoms with Crippen molar-refractivity contribution in [1.82, 2.24) is 31.2 Å². The third-order valence-corrected chi connectivity index (χ3v) is 10.4. The van der Waals surface area contributed by atoms with E-state index in [-0.39, 0.29) is 43.3 Å². The smallest absolute Gasteiger partial charge is 0.407 e. The lowest BCUT2D eigenvalue weighted by Gasteiger charge is -2.33. The number of carbonyl (C=O) groups excluding carboxylic acids is 4. The summed E-state index contributed by atoms with van der Waals surface area (Å²) in [6.07, 6.45) is 8.76. The monoisotopic (exact) mass is 710 g/mol. The van der Waals surface area contributed by atoms with E-state index in [4.69, 9.17) is 4.74 Å². The summed E-state index contributed by atoms with van der Waals surface area (Å²) in [4.78, 5) is 57.3. The van der Waals surface area contributed by atoms with Crippen LogP contribution in [0.1, 0.15) is 97.0 Å². The second kappa shape index (κ2) is 17.6. The average molecular weight is 711 g/mol. The first-order chi connectivity index (χ1) is 24.4. The number of alkyl carbamates (subject to hydrolysis) is 1. The number of nitrogens with zero attached hydrogens (tertiary/aromatic N) is 1. The molecule has 4 atom stereocenters. The van der Waals surface area contributed by atoms with E-state index in [2.05, 4.69) is 26.3 Å². The predicted octanol–water partition coefficient (Wildman–Crippen LogP) is 3.87. The maximum Gasteiger partial charge on any atom is 0.407 e. The number of ether oxygens (including phenoxy) is 1. The lowest BCUT2D eigenvalue weighted by atomic mass is 9.82. The third kappa shape index (κ3) is 11.6. The van der Waals surface area contributed by atoms with Gasteiger partial charge in [-0.2, -0.15) is 0 Å². The number of hydrogen-bond donors (Lipinski definition) is 7. The van der Waals surface area contributed by atoms with Crippen molar-refractivity contribution in [2.24, 2.45) is 11.8 Å². The summed E-state index contributed by atoms with van der Waals surface area (Å²) >= 11 is 0. The largest absolute Gasteiger partial charge is 0.444 e. The number of aliphatic hydroxyl groups excluding tert-OH is 2. The van der Waals surface area contributed by atoms with Gasteiger partial charge in [0.25, 0.3) is 0 Å². The Hall–Kier alpha value is -3.84. The van der Waals surface area contributed by atoms with Crippen molar-refractivity contribution in [2.45, 2.75) is 134 Å². The highest BCUT2D eigenvalue weighted by molar-refractivity contribution is 5.89. The number of aromatic amines is 1. The number of likely N-dealkylation sites (tertiary alicyclic amines) is 1. The summed E-state index contributed by atoms with van der Waals surface area (Å²) in [5.41, 5.74) is 1.19. The van der Waals surface area contributed by atoms with E-state index in [0.717, 1.165) is 55.0 Å². The molecule has 2 saturated carbocycles. The number of nitrogens with one attached hydrogen (secondary N) is 5. The molecule has 13 heteroatoms. The summed E-state index contributed by atoms with van der Waals surface area (Å²) in [6.45, 7) is 6.26. The van der Waals surface area contributed by atoms with E-state index >= 15 is 0 Å². The first-order valence-corrected chi connectivity index (χ1v) is 18.9. The summed E-state index contributed by atoms with van der Waals surface area (Å²) < 4.78 is 5.37. The van der Waals surface area contributed by atoms with Crippen LogP contribution in [-0.4, -0.2) is 99.6 Å². The van der Waals surface area contributed by atoms with Crippen LogP contribution in [0.3, 0.4) is 0 Å². The fourth-order valence-electron chi connectivity index (χ4n) is 7.39. The summed E-state index contributed by atoms with van der Waals surface area (Å²) in [6, 6.07) is 5.79. The molecule has 1 aromatic carbocycles. The number of H-pyrrole nitrogens is 1. The van der Waals surface area contributed by atoms with Gasteiger partial charge in [-0.25, -0.2) is 9.59 Å². The van der Waals surface area contributed by atoms with Gasteiger partial charge in [0.1, 0.15) is 17.7 Å². The molecule has 1 saturated heterocycles. The Kier molecular flexibility index (Phi) is 13.2. The molecule has 51 heavy (non-hydrogen) atoms. The highest BCUT2D eigenvalue weighted by atomic mass is 16.6. The van der Waals surface area contributed by atoms with E-state index in [1.54, 1.807) is 25.7 Å². The molecule has 3 fully saturated rings. The molecule has 2 aromatic rings. The molecule has 282 valence electrons. The van der Waals surface area contributed by atoms with Crippen molar-refractivity contribution in [3.63, 3.8) is 0 Å². The molecule has 5 rings (SSSR count). The molecule has 0 bridgehead atoms. The van der Waals surface area contributed by atoms with Crippen LogP contribution >= 0.6 is 0 Å². The third-order valence-electron chi connectivity index (χ3n) is 10.4. The Balaban J connectivity index is 1.16. The summed E-state index contributed by atoms with van der Waals surface area (Å²) in [5.74, 6) is -0.246. The first kappa shape index (κ1) is 38.4. The molecule has 7 N–H and O–H groups in total. The van der Waals surface area contributed by atoms with Gasteiger partial charge in [-0.15, -0.1) is 0 Å². The molecule has 13 nitrogen and oxygen atoms in total. The van der Waals surface area contributed by atoms with E-state index in [1.807, 2.05) is 30.5 Å². The molecule has 3 aliphatic rings. The molecular formula is C38H58N6O7. The number of rotatable bonds is 14. The number of benzene rings is 1. The minimum atomic E-state index is -1.04. The van der Waals surface area contributed by atoms with Crippen LogP contribution < -0.4 is 21.3 Å². The van der Waals surface area contributed by atoms with Crippen LogP contribution in [0.5, 0.6) is 0 Å². The number of amides is 5. The van der Waals surface area contributed by atoms with Crippen LogP contribution in [0.4, 0.5) is 9.59 Å². The minimum absolute atomic E-state index is 0.00887. The Morgan fingerprint density at radius 2 is 1.67 bits per heavy atom. The normalized spacial score (nSPS) is 19.8. The molecule has 1 aromatic heterocycles. The fraction of sp³-hybridized carbons (Fsp3) is 0.684. The van der Waals surface area contributed by atoms with Crippen molar-refractivity contribution in [3.05, 3.63) is 36.0 Å². The van der Waals surface area contributed by atoms with Gasteiger partial charge in [0.15, 0.2) is 0 Å². The van der Waals surface area contributed by atoms with Crippen molar-refractivity contribution in [3.8, 4) is 0 Å². The van der Waals surface area contributed by atoms with Crippen LogP contribution in [0.25, 0.3) is 10.9 Å². The van der Waals surface area contributed by atoms with Gasteiger partial charge in [-0.3, -0.25) is 9.59 Å². The zero-order chi connectivity index (χ0) is 36.5. The van der Waals surface area contributed by atoms with E-state index in [1.165, 1.54) is 6.42 Å². The van der Waals surface area contributed by atoms with Crippen molar-refractivity contribution < 1.29 is 34.1 Å². The summed E-state index contributed by atoms with van der Waals surface area (Å²) in [5, 5.41) is 34.3. The molecule has 2 heterocycles. The lowest BCUT2D eigenvalue weighted by Crippen LogP contribution is -2.55. The Morgan fingerprint density at radius 3 is 2.35 bits per heavy atom. The van der Waals surface area contributed by atoms with Gasteiger partial charge in [0.2, 0.25) is 11.8 Å². The SMILES string of the molecule is CC(C)(C)OC(=O)NC1CCN(C(=O)N[C@@H](Cc2c[nH]c3ccccc23)C(=O)NCCC(=O)N[C@@H](CC2CCCCC2)[C@@H](O)[C@@H](O)C2CC2)CC1. The Labute approximate surface area is 301 Å². The lowest BCUT2D eigenvalue weighted by molar-refractivity contribution is -0.124. The van der Waals surface area contributed by atoms with Gasteiger partial charge in [0.05, 0.1) is 12.1 Å². The van der Waals surface area contributed by atoms with E-state index < -0.39 is 41.9 Å².